The summed E-state index contributed by atoms with van der Waals surface area (Å²) in [6.07, 6.45) is 11.2. The molecule has 8 rings (SSSR count). The summed E-state index contributed by atoms with van der Waals surface area (Å²) in [5.74, 6) is 0. The second-order valence-corrected chi connectivity index (χ2v) is 19.0. The second kappa shape index (κ2) is 14.6. The minimum absolute atomic E-state index is 0. The zero-order valence-electron chi connectivity index (χ0n) is 30.0. The van der Waals surface area contributed by atoms with E-state index in [0.29, 0.717) is 0 Å². The number of benzene rings is 4. The fraction of sp³-hybridized carbons (Fsp3) is 0.304. The standard InChI is InChI=1S/C44H46Si.2CH3.Hf/c1-29-13-9-14-30(2)43(29)39-23-11-17-33-25-37(27-41(33)39)45(35-19-5-6-20-35,36-21-7-8-22-36)38-26-34-18-12-24-40(42(34)28-38)44-31(3)15-10-16-32(44)4;;;/h9-18,23-28,35-36H,5-8,19-22H2,1-4H3;2*1H3;/q-2;2*-1;+4. The minimum Gasteiger partial charge on any atom is -0.358 e. The molecule has 0 bridgehead atoms. The van der Waals surface area contributed by atoms with Gasteiger partial charge in [0.05, 0.1) is 8.07 Å². The summed E-state index contributed by atoms with van der Waals surface area (Å²) >= 11 is 0. The molecular formula is C46H52HfSi. The molecule has 0 amide bonds. The first-order valence-corrected chi connectivity index (χ1v) is 19.7. The molecule has 0 unspecified atom stereocenters. The maximum atomic E-state index is 2.71. The molecular weight excluding hydrogens is 759 g/mol. The molecule has 2 heteroatoms. The third-order valence-corrected chi connectivity index (χ3v) is 18.2. The summed E-state index contributed by atoms with van der Waals surface area (Å²) in [4.78, 5) is 0. The average molecular weight is 811 g/mol. The maximum Gasteiger partial charge on any atom is 4.00 e. The summed E-state index contributed by atoms with van der Waals surface area (Å²) in [7, 11) is -2.15. The van der Waals surface area contributed by atoms with Crippen molar-refractivity contribution < 1.29 is 25.8 Å². The van der Waals surface area contributed by atoms with Crippen molar-refractivity contribution >= 4 is 40.0 Å². The second-order valence-electron chi connectivity index (χ2n) is 14.5. The molecule has 2 aliphatic carbocycles. The van der Waals surface area contributed by atoms with Gasteiger partial charge in [-0.15, -0.1) is 68.3 Å². The molecule has 0 spiro atoms. The fourth-order valence-electron chi connectivity index (χ4n) is 10.1. The van der Waals surface area contributed by atoms with Crippen molar-refractivity contribution in [3.8, 4) is 22.3 Å². The predicted octanol–water partition coefficient (Wildman–Crippen LogP) is 12.3. The summed E-state index contributed by atoms with van der Waals surface area (Å²) in [5, 5.41) is 9.24. The Morgan fingerprint density at radius 1 is 0.500 bits per heavy atom. The topological polar surface area (TPSA) is 0 Å². The van der Waals surface area contributed by atoms with Crippen molar-refractivity contribution in [2.45, 2.75) is 90.1 Å². The largest absolute Gasteiger partial charge is 4.00 e. The molecule has 2 aliphatic rings. The number of aryl methyl sites for hydroxylation is 4. The summed E-state index contributed by atoms with van der Waals surface area (Å²) in [6, 6.07) is 38.5. The van der Waals surface area contributed by atoms with Crippen LogP contribution < -0.4 is 10.4 Å². The van der Waals surface area contributed by atoms with Crippen LogP contribution in [0.15, 0.2) is 97.1 Å². The molecule has 48 heavy (non-hydrogen) atoms. The zero-order valence-corrected chi connectivity index (χ0v) is 34.6. The van der Waals surface area contributed by atoms with Gasteiger partial charge in [-0.05, 0) is 72.2 Å². The van der Waals surface area contributed by atoms with E-state index in [0.717, 1.165) is 11.1 Å². The first kappa shape index (κ1) is 36.5. The number of rotatable bonds is 6. The molecule has 0 saturated heterocycles. The van der Waals surface area contributed by atoms with Crippen LogP contribution in [-0.4, -0.2) is 8.07 Å². The monoisotopic (exact) mass is 812 g/mol. The van der Waals surface area contributed by atoms with Gasteiger partial charge in [-0.25, -0.2) is 0 Å². The van der Waals surface area contributed by atoms with E-state index in [-0.39, 0.29) is 40.7 Å². The summed E-state index contributed by atoms with van der Waals surface area (Å²) in [5.41, 5.74) is 12.8. The van der Waals surface area contributed by atoms with Gasteiger partial charge in [-0.2, -0.15) is 12.1 Å². The number of hydrogen-bond acceptors (Lipinski definition) is 0. The van der Waals surface area contributed by atoms with E-state index in [1.807, 2.05) is 0 Å². The van der Waals surface area contributed by atoms with Gasteiger partial charge in [0, 0.05) is 0 Å². The number of hydrogen-bond donors (Lipinski definition) is 0. The van der Waals surface area contributed by atoms with Gasteiger partial charge in [0.15, 0.2) is 0 Å². The first-order chi connectivity index (χ1) is 22.0. The molecule has 0 nitrogen and oxygen atoms in total. The Bertz CT molecular complexity index is 1840. The van der Waals surface area contributed by atoms with Crippen LogP contribution in [-0.2, 0) is 25.8 Å². The molecule has 0 atom stereocenters. The minimum atomic E-state index is -2.15. The summed E-state index contributed by atoms with van der Waals surface area (Å²) < 4.78 is 0. The van der Waals surface area contributed by atoms with Gasteiger partial charge >= 0.3 is 25.8 Å². The van der Waals surface area contributed by atoms with Crippen LogP contribution in [0, 0.1) is 42.5 Å². The van der Waals surface area contributed by atoms with Gasteiger partial charge in [0.1, 0.15) is 0 Å². The van der Waals surface area contributed by atoms with Crippen molar-refractivity contribution in [3.63, 3.8) is 0 Å². The molecule has 244 valence electrons. The van der Waals surface area contributed by atoms with Gasteiger partial charge in [0.25, 0.3) is 0 Å². The SMILES string of the molecule is Cc1cccc(C)c1-c1cccc2[cH-]c([Si](c3cc4c(-c5c(C)cccc5C)cccc4[cH-]3)(C3CCCC3)C3CCCC3)cc12.[CH3-].[CH3-].[Hf+4]. The third kappa shape index (κ3) is 5.79. The molecule has 0 radical (unpaired) electrons. The fourth-order valence-corrected chi connectivity index (χ4v) is 17.1. The van der Waals surface area contributed by atoms with Crippen LogP contribution in [0.2, 0.25) is 11.1 Å². The van der Waals surface area contributed by atoms with Gasteiger partial charge in [-0.1, -0.05) is 111 Å². The molecule has 0 aliphatic heterocycles. The van der Waals surface area contributed by atoms with Crippen molar-refractivity contribution in [1.82, 2.24) is 0 Å². The smallest absolute Gasteiger partial charge is 0.358 e. The van der Waals surface area contributed by atoms with Crippen molar-refractivity contribution in [2.24, 2.45) is 0 Å². The van der Waals surface area contributed by atoms with E-state index in [1.54, 1.807) is 10.4 Å². The maximum absolute atomic E-state index is 2.71. The Kier molecular flexibility index (Phi) is 11.1. The third-order valence-electron chi connectivity index (χ3n) is 12.0. The molecule has 0 N–H and O–H groups in total. The van der Waals surface area contributed by atoms with E-state index in [2.05, 4.69) is 125 Å². The Morgan fingerprint density at radius 2 is 0.833 bits per heavy atom. The van der Waals surface area contributed by atoms with Crippen LogP contribution in [0.5, 0.6) is 0 Å². The van der Waals surface area contributed by atoms with Gasteiger partial charge in [0.2, 0.25) is 0 Å². The Labute approximate surface area is 310 Å². The summed E-state index contributed by atoms with van der Waals surface area (Å²) in [6.45, 7) is 9.13. The normalized spacial score (nSPS) is 15.4. The van der Waals surface area contributed by atoms with Crippen molar-refractivity contribution in [2.75, 3.05) is 0 Å². The molecule has 0 aromatic heterocycles. The predicted molar refractivity (Wildman–Crippen MR) is 211 cm³/mol. The average Bonchev–Trinajstić information content (AvgIpc) is 3.86. The Hall–Kier alpha value is -2.81. The molecule has 2 saturated carbocycles. The van der Waals surface area contributed by atoms with Gasteiger partial charge < -0.3 is 14.9 Å². The van der Waals surface area contributed by atoms with E-state index in [9.17, 15) is 0 Å². The van der Waals surface area contributed by atoms with E-state index in [1.165, 1.54) is 117 Å². The van der Waals surface area contributed by atoms with Crippen LogP contribution in [0.25, 0.3) is 43.8 Å². The molecule has 0 heterocycles. The quantitative estimate of drug-likeness (QED) is 0.116. The Morgan fingerprint density at radius 3 is 1.19 bits per heavy atom. The van der Waals surface area contributed by atoms with Crippen molar-refractivity contribution in [1.29, 1.82) is 0 Å². The molecule has 6 aromatic rings. The van der Waals surface area contributed by atoms with Crippen LogP contribution in [0.1, 0.15) is 73.6 Å². The van der Waals surface area contributed by atoms with Crippen LogP contribution in [0.4, 0.5) is 0 Å². The van der Waals surface area contributed by atoms with Crippen LogP contribution >= 0.6 is 0 Å². The van der Waals surface area contributed by atoms with E-state index >= 15 is 0 Å². The molecule has 6 aromatic carbocycles. The van der Waals surface area contributed by atoms with Crippen molar-refractivity contribution in [3.05, 3.63) is 134 Å². The zero-order chi connectivity index (χ0) is 30.7. The Balaban J connectivity index is 0.00000150. The van der Waals surface area contributed by atoms with E-state index < -0.39 is 8.07 Å². The van der Waals surface area contributed by atoms with E-state index in [4.69, 9.17) is 0 Å². The van der Waals surface area contributed by atoms with Gasteiger partial charge in [-0.3, -0.25) is 0 Å². The first-order valence-electron chi connectivity index (χ1n) is 17.5. The van der Waals surface area contributed by atoms with Crippen LogP contribution in [0.3, 0.4) is 0 Å². The molecule has 2 fully saturated rings. The number of fused-ring (bicyclic) bond motifs is 2.